The van der Waals surface area contributed by atoms with Gasteiger partial charge in [-0.1, -0.05) is 35.5 Å². The number of carboxylic acids is 1. The molecule has 4 rings (SSSR count). The van der Waals surface area contributed by atoms with Crippen molar-refractivity contribution in [2.24, 2.45) is 13.0 Å². The second-order valence-electron chi connectivity index (χ2n) is 8.86. The third-order valence-corrected chi connectivity index (χ3v) is 6.25. The molecule has 1 aromatic carbocycles. The number of benzene rings is 1. The van der Waals surface area contributed by atoms with Gasteiger partial charge in [-0.2, -0.15) is 0 Å². The maximum absolute atomic E-state index is 12.7. The van der Waals surface area contributed by atoms with Gasteiger partial charge in [-0.15, -0.1) is 5.10 Å². The van der Waals surface area contributed by atoms with Crippen LogP contribution in [0.25, 0.3) is 11.4 Å². The highest BCUT2D eigenvalue weighted by atomic mass is 16.5. The molecule has 35 heavy (non-hydrogen) atoms. The zero-order chi connectivity index (χ0) is 24.9. The summed E-state index contributed by atoms with van der Waals surface area (Å²) in [5.41, 5.74) is 2.62. The number of pyridine rings is 1. The number of nitrogens with one attached hydrogen (secondary N) is 2. The number of anilines is 1. The quantitative estimate of drug-likeness (QED) is 0.466. The molecule has 3 atom stereocenters. The summed E-state index contributed by atoms with van der Waals surface area (Å²) in [5, 5.41) is 23.3. The molecular formula is C25H30N6O4. The minimum atomic E-state index is -0.770. The second kappa shape index (κ2) is 10.5. The van der Waals surface area contributed by atoms with Crippen molar-refractivity contribution in [3.8, 4) is 17.1 Å². The first-order valence-corrected chi connectivity index (χ1v) is 11.7. The Labute approximate surface area is 203 Å². The average Bonchev–Trinajstić information content (AvgIpc) is 3.20. The third kappa shape index (κ3) is 5.76. The molecule has 10 heteroatoms. The Morgan fingerprint density at radius 3 is 2.66 bits per heavy atom. The SMILES string of the molecule is Cc1nc(-c2nnn(C)c2NC(=O)N[C@H](C)c2ccccc2)ccc1O[C@H]1CCC[C@H](C(=O)O)C1. The van der Waals surface area contributed by atoms with E-state index in [1.165, 1.54) is 4.68 Å². The van der Waals surface area contributed by atoms with Gasteiger partial charge in [-0.05, 0) is 57.2 Å². The molecule has 10 nitrogen and oxygen atoms in total. The number of hydrogen-bond donors (Lipinski definition) is 3. The van der Waals surface area contributed by atoms with Crippen molar-refractivity contribution in [1.82, 2.24) is 25.3 Å². The Morgan fingerprint density at radius 2 is 1.94 bits per heavy atom. The molecular weight excluding hydrogens is 448 g/mol. The molecule has 0 unspecified atom stereocenters. The van der Waals surface area contributed by atoms with E-state index in [0.29, 0.717) is 41.5 Å². The number of ether oxygens (including phenoxy) is 1. The van der Waals surface area contributed by atoms with E-state index in [4.69, 9.17) is 4.74 Å². The van der Waals surface area contributed by atoms with Crippen LogP contribution in [0.15, 0.2) is 42.5 Å². The number of rotatable bonds is 7. The number of carboxylic acid groups (broad SMARTS) is 1. The molecule has 0 radical (unpaired) electrons. The van der Waals surface area contributed by atoms with E-state index in [2.05, 4.69) is 25.9 Å². The molecule has 2 heterocycles. The Hall–Kier alpha value is -3.95. The van der Waals surface area contributed by atoms with Crippen LogP contribution >= 0.6 is 0 Å². The van der Waals surface area contributed by atoms with E-state index in [1.807, 2.05) is 44.2 Å². The summed E-state index contributed by atoms with van der Waals surface area (Å²) >= 11 is 0. The molecule has 2 amide bonds. The summed E-state index contributed by atoms with van der Waals surface area (Å²) in [6, 6.07) is 12.7. The van der Waals surface area contributed by atoms with Crippen molar-refractivity contribution in [3.63, 3.8) is 0 Å². The fourth-order valence-electron chi connectivity index (χ4n) is 4.30. The maximum atomic E-state index is 12.7. The van der Waals surface area contributed by atoms with Gasteiger partial charge in [0.1, 0.15) is 5.75 Å². The lowest BCUT2D eigenvalue weighted by atomic mass is 9.87. The topological polar surface area (TPSA) is 131 Å². The van der Waals surface area contributed by atoms with E-state index < -0.39 is 5.97 Å². The van der Waals surface area contributed by atoms with Gasteiger partial charge in [0, 0.05) is 7.05 Å². The van der Waals surface area contributed by atoms with Crippen molar-refractivity contribution in [2.75, 3.05) is 5.32 Å². The maximum Gasteiger partial charge on any atom is 0.320 e. The first-order valence-electron chi connectivity index (χ1n) is 11.7. The molecule has 1 saturated carbocycles. The van der Waals surface area contributed by atoms with Gasteiger partial charge in [0.15, 0.2) is 11.5 Å². The van der Waals surface area contributed by atoms with E-state index in [1.54, 1.807) is 19.2 Å². The minimum Gasteiger partial charge on any atom is -0.489 e. The summed E-state index contributed by atoms with van der Waals surface area (Å²) < 4.78 is 7.58. The van der Waals surface area contributed by atoms with Gasteiger partial charge >= 0.3 is 12.0 Å². The van der Waals surface area contributed by atoms with Crippen LogP contribution in [0.5, 0.6) is 5.75 Å². The van der Waals surface area contributed by atoms with Gasteiger partial charge in [0.25, 0.3) is 0 Å². The lowest BCUT2D eigenvalue weighted by Crippen LogP contribution is -2.32. The molecule has 0 aliphatic heterocycles. The van der Waals surface area contributed by atoms with Crippen LogP contribution in [0.4, 0.5) is 10.6 Å². The van der Waals surface area contributed by atoms with Crippen molar-refractivity contribution < 1.29 is 19.4 Å². The lowest BCUT2D eigenvalue weighted by Gasteiger charge is -2.27. The third-order valence-electron chi connectivity index (χ3n) is 6.25. The van der Waals surface area contributed by atoms with Crippen LogP contribution < -0.4 is 15.4 Å². The predicted octanol–water partition coefficient (Wildman–Crippen LogP) is 4.09. The standard InChI is InChI=1S/C25H30N6O4/c1-15(17-8-5-4-6-9-17)27-25(34)28-23-22(29-30-31(23)3)20-12-13-21(16(2)26-20)35-19-11-7-10-18(14-19)24(32)33/h4-6,8-9,12-13,15,18-19H,7,10-11,14H2,1-3H3,(H,32,33)(H2,27,28,34)/t15-,18+,19+/m1/s1. The van der Waals surface area contributed by atoms with Crippen molar-refractivity contribution in [2.45, 2.75) is 51.7 Å². The van der Waals surface area contributed by atoms with Gasteiger partial charge in [0.05, 0.1) is 29.5 Å². The number of aromatic nitrogens is 4. The second-order valence-corrected chi connectivity index (χ2v) is 8.86. The number of aryl methyl sites for hydroxylation is 2. The summed E-state index contributed by atoms with van der Waals surface area (Å²) in [7, 11) is 1.69. The molecule has 0 spiro atoms. The number of amides is 2. The number of urea groups is 1. The van der Waals surface area contributed by atoms with Crippen molar-refractivity contribution in [3.05, 3.63) is 53.7 Å². The highest BCUT2D eigenvalue weighted by molar-refractivity contribution is 5.92. The average molecular weight is 479 g/mol. The van der Waals surface area contributed by atoms with Crippen molar-refractivity contribution in [1.29, 1.82) is 0 Å². The van der Waals surface area contributed by atoms with Gasteiger partial charge in [-0.25, -0.2) is 14.5 Å². The number of carbonyl (C=O) groups excluding carboxylic acids is 1. The van der Waals surface area contributed by atoms with Crippen LogP contribution in [0, 0.1) is 12.8 Å². The molecule has 1 fully saturated rings. The zero-order valence-corrected chi connectivity index (χ0v) is 20.1. The highest BCUT2D eigenvalue weighted by Crippen LogP contribution is 2.31. The summed E-state index contributed by atoms with van der Waals surface area (Å²) in [6.07, 6.45) is 2.67. The predicted molar refractivity (Wildman–Crippen MR) is 130 cm³/mol. The van der Waals surface area contributed by atoms with Crippen LogP contribution in [-0.4, -0.2) is 43.2 Å². The van der Waals surface area contributed by atoms with Gasteiger partial charge < -0.3 is 15.2 Å². The van der Waals surface area contributed by atoms with Crippen LogP contribution in [0.1, 0.15) is 49.9 Å². The van der Waals surface area contributed by atoms with Crippen LogP contribution in [0.3, 0.4) is 0 Å². The lowest BCUT2D eigenvalue weighted by molar-refractivity contribution is -0.143. The first-order chi connectivity index (χ1) is 16.8. The molecule has 0 saturated heterocycles. The smallest absolute Gasteiger partial charge is 0.320 e. The highest BCUT2D eigenvalue weighted by Gasteiger charge is 2.28. The molecule has 1 aliphatic rings. The van der Waals surface area contributed by atoms with Crippen LogP contribution in [0.2, 0.25) is 0 Å². The van der Waals surface area contributed by atoms with E-state index in [9.17, 15) is 14.7 Å². The Morgan fingerprint density at radius 1 is 1.17 bits per heavy atom. The zero-order valence-electron chi connectivity index (χ0n) is 20.1. The molecule has 0 bridgehead atoms. The monoisotopic (exact) mass is 478 g/mol. The minimum absolute atomic E-state index is 0.153. The number of aliphatic carboxylic acids is 1. The van der Waals surface area contributed by atoms with Gasteiger partial charge in [0.2, 0.25) is 0 Å². The first kappa shape index (κ1) is 24.2. The molecule has 2 aromatic heterocycles. The summed E-state index contributed by atoms with van der Waals surface area (Å²) in [4.78, 5) is 28.6. The Balaban J connectivity index is 1.45. The van der Waals surface area contributed by atoms with E-state index >= 15 is 0 Å². The van der Waals surface area contributed by atoms with E-state index in [-0.39, 0.29) is 24.1 Å². The normalized spacial score (nSPS) is 18.5. The summed E-state index contributed by atoms with van der Waals surface area (Å²) in [5.74, 6) is -0.115. The Kier molecular flexibility index (Phi) is 7.28. The van der Waals surface area contributed by atoms with Gasteiger partial charge in [-0.3, -0.25) is 10.1 Å². The number of nitrogens with zero attached hydrogens (tertiary/aromatic N) is 4. The fourth-order valence-corrected chi connectivity index (χ4v) is 4.30. The summed E-state index contributed by atoms with van der Waals surface area (Å²) in [6.45, 7) is 3.74. The Bertz CT molecular complexity index is 1200. The van der Waals surface area contributed by atoms with Crippen LogP contribution in [-0.2, 0) is 11.8 Å². The molecule has 3 N–H and O–H groups in total. The molecule has 3 aromatic rings. The number of carbonyl (C=O) groups is 2. The molecule has 184 valence electrons. The van der Waals surface area contributed by atoms with Crippen molar-refractivity contribution >= 4 is 17.8 Å². The fraction of sp³-hybridized carbons (Fsp3) is 0.400. The largest absolute Gasteiger partial charge is 0.489 e. The molecule has 1 aliphatic carbocycles. The number of hydrogen-bond acceptors (Lipinski definition) is 6. The van der Waals surface area contributed by atoms with E-state index in [0.717, 1.165) is 18.4 Å².